The summed E-state index contributed by atoms with van der Waals surface area (Å²) in [6.45, 7) is 1.93. The van der Waals surface area contributed by atoms with Crippen LogP contribution in [0.3, 0.4) is 0 Å². The van der Waals surface area contributed by atoms with Crippen LogP contribution in [-0.4, -0.2) is 13.0 Å². The number of thioether (sulfide) groups is 1. The summed E-state index contributed by atoms with van der Waals surface area (Å²) in [6.07, 6.45) is 1.52. The lowest BCUT2D eigenvalue weighted by molar-refractivity contribution is -0.111. The van der Waals surface area contributed by atoms with Crippen molar-refractivity contribution in [1.29, 1.82) is 0 Å². The van der Waals surface area contributed by atoms with Gasteiger partial charge in [-0.05, 0) is 36.1 Å². The van der Waals surface area contributed by atoms with Gasteiger partial charge >= 0.3 is 0 Å². The lowest BCUT2D eigenvalue weighted by Gasteiger charge is -2.11. The molecule has 2 aromatic rings. The highest BCUT2D eigenvalue weighted by Gasteiger charge is 2.07. The van der Waals surface area contributed by atoms with Gasteiger partial charge in [-0.1, -0.05) is 42.1 Å². The second-order valence-corrected chi connectivity index (χ2v) is 5.35. The summed E-state index contributed by atoms with van der Waals surface area (Å²) in [7, 11) is 1.59. The van der Waals surface area contributed by atoms with Gasteiger partial charge in [0.2, 0.25) is 5.91 Å². The van der Waals surface area contributed by atoms with Gasteiger partial charge in [0.25, 0.3) is 0 Å². The molecule has 0 saturated carbocycles. The number of rotatable bonds is 5. The molecule has 0 spiro atoms. The van der Waals surface area contributed by atoms with Crippen molar-refractivity contribution in [2.75, 3.05) is 12.4 Å². The SMILES string of the molecule is COc1cccc(C)c1NC(=O)/C=C/Sc1ccccc1. The third-order valence-electron chi connectivity index (χ3n) is 2.87. The Labute approximate surface area is 129 Å². The largest absolute Gasteiger partial charge is 0.495 e. The van der Waals surface area contributed by atoms with Crippen LogP contribution in [0.2, 0.25) is 0 Å². The third kappa shape index (κ3) is 4.39. The van der Waals surface area contributed by atoms with Crippen molar-refractivity contribution in [2.24, 2.45) is 0 Å². The van der Waals surface area contributed by atoms with E-state index in [-0.39, 0.29) is 5.91 Å². The average molecular weight is 299 g/mol. The zero-order chi connectivity index (χ0) is 15.1. The zero-order valence-electron chi connectivity index (χ0n) is 12.0. The highest BCUT2D eigenvalue weighted by molar-refractivity contribution is 8.02. The van der Waals surface area contributed by atoms with E-state index in [1.54, 1.807) is 12.5 Å². The number of aryl methyl sites for hydroxylation is 1. The molecule has 4 heteroatoms. The van der Waals surface area contributed by atoms with Crippen LogP contribution < -0.4 is 10.1 Å². The van der Waals surface area contributed by atoms with E-state index in [4.69, 9.17) is 4.74 Å². The number of nitrogens with one attached hydrogen (secondary N) is 1. The van der Waals surface area contributed by atoms with E-state index in [0.29, 0.717) is 11.4 Å². The molecule has 0 aliphatic rings. The van der Waals surface area contributed by atoms with Crippen molar-refractivity contribution >= 4 is 23.4 Å². The summed E-state index contributed by atoms with van der Waals surface area (Å²) < 4.78 is 5.26. The number of hydrogen-bond donors (Lipinski definition) is 1. The van der Waals surface area contributed by atoms with Crippen molar-refractivity contribution in [1.82, 2.24) is 0 Å². The summed E-state index contributed by atoms with van der Waals surface area (Å²) >= 11 is 1.50. The molecular formula is C17H17NO2S. The average Bonchev–Trinajstić information content (AvgIpc) is 2.50. The molecule has 0 aliphatic heterocycles. The third-order valence-corrected chi connectivity index (χ3v) is 3.69. The number of amides is 1. The maximum absolute atomic E-state index is 12.0. The van der Waals surface area contributed by atoms with Gasteiger partial charge in [-0.25, -0.2) is 0 Å². The van der Waals surface area contributed by atoms with Crippen LogP contribution in [0.4, 0.5) is 5.69 Å². The molecule has 21 heavy (non-hydrogen) atoms. The van der Waals surface area contributed by atoms with Crippen LogP contribution in [0.25, 0.3) is 0 Å². The van der Waals surface area contributed by atoms with E-state index in [1.165, 1.54) is 17.8 Å². The fourth-order valence-corrected chi connectivity index (χ4v) is 2.47. The Balaban J connectivity index is 1.99. The number of ether oxygens (including phenoxy) is 1. The first-order valence-electron chi connectivity index (χ1n) is 6.53. The minimum absolute atomic E-state index is 0.175. The maximum atomic E-state index is 12.0. The summed E-state index contributed by atoms with van der Waals surface area (Å²) in [6, 6.07) is 15.5. The standard InChI is InChI=1S/C17H17NO2S/c1-13-7-6-10-15(20-2)17(13)18-16(19)11-12-21-14-8-4-3-5-9-14/h3-12H,1-2H3,(H,18,19)/b12-11+. The highest BCUT2D eigenvalue weighted by Crippen LogP contribution is 2.27. The van der Waals surface area contributed by atoms with Gasteiger partial charge < -0.3 is 10.1 Å². The molecule has 2 aromatic carbocycles. The normalized spacial score (nSPS) is 10.6. The molecule has 3 nitrogen and oxygen atoms in total. The van der Waals surface area contributed by atoms with Gasteiger partial charge in [0.15, 0.2) is 0 Å². The molecule has 1 N–H and O–H groups in total. The molecule has 0 atom stereocenters. The number of benzene rings is 2. The lowest BCUT2D eigenvalue weighted by Crippen LogP contribution is -2.10. The van der Waals surface area contributed by atoms with Gasteiger partial charge in [0.05, 0.1) is 12.8 Å². The molecule has 1 amide bonds. The zero-order valence-corrected chi connectivity index (χ0v) is 12.8. The summed E-state index contributed by atoms with van der Waals surface area (Å²) in [5, 5.41) is 4.63. The van der Waals surface area contributed by atoms with E-state index in [1.807, 2.05) is 55.5 Å². The molecule has 0 unspecified atom stereocenters. The number of carbonyl (C=O) groups is 1. The molecule has 108 valence electrons. The van der Waals surface area contributed by atoms with E-state index in [9.17, 15) is 4.79 Å². The Morgan fingerprint density at radius 3 is 2.62 bits per heavy atom. The van der Waals surface area contributed by atoms with E-state index in [0.717, 1.165) is 10.5 Å². The van der Waals surface area contributed by atoms with Crippen LogP contribution in [0.1, 0.15) is 5.56 Å². The number of anilines is 1. The van der Waals surface area contributed by atoms with E-state index < -0.39 is 0 Å². The lowest BCUT2D eigenvalue weighted by atomic mass is 10.2. The van der Waals surface area contributed by atoms with Crippen molar-refractivity contribution in [2.45, 2.75) is 11.8 Å². The molecule has 0 aliphatic carbocycles. The molecule has 0 bridgehead atoms. The monoisotopic (exact) mass is 299 g/mol. The highest BCUT2D eigenvalue weighted by atomic mass is 32.2. The molecule has 0 fully saturated rings. The summed E-state index contributed by atoms with van der Waals surface area (Å²) in [4.78, 5) is 13.0. The van der Waals surface area contributed by atoms with Crippen molar-refractivity contribution in [3.05, 3.63) is 65.6 Å². The minimum atomic E-state index is -0.175. The number of hydrogen-bond acceptors (Lipinski definition) is 3. The number of para-hydroxylation sites is 1. The maximum Gasteiger partial charge on any atom is 0.248 e. The Morgan fingerprint density at radius 2 is 1.90 bits per heavy atom. The predicted molar refractivity (Wildman–Crippen MR) is 87.8 cm³/mol. The van der Waals surface area contributed by atoms with Crippen LogP contribution in [0, 0.1) is 6.92 Å². The first-order valence-corrected chi connectivity index (χ1v) is 7.41. The second kappa shape index (κ2) is 7.55. The van der Waals surface area contributed by atoms with Gasteiger partial charge in [-0.15, -0.1) is 0 Å². The molecule has 0 saturated heterocycles. The second-order valence-electron chi connectivity index (χ2n) is 4.38. The smallest absolute Gasteiger partial charge is 0.248 e. The molecule has 0 heterocycles. The summed E-state index contributed by atoms with van der Waals surface area (Å²) in [5.74, 6) is 0.485. The quantitative estimate of drug-likeness (QED) is 0.662. The van der Waals surface area contributed by atoms with Crippen LogP contribution in [0.15, 0.2) is 64.9 Å². The Hall–Kier alpha value is -2.20. The van der Waals surface area contributed by atoms with Crippen LogP contribution in [-0.2, 0) is 4.79 Å². The van der Waals surface area contributed by atoms with Crippen molar-refractivity contribution < 1.29 is 9.53 Å². The van der Waals surface area contributed by atoms with Gasteiger partial charge in [0.1, 0.15) is 5.75 Å². The number of carbonyl (C=O) groups excluding carboxylic acids is 1. The van der Waals surface area contributed by atoms with Gasteiger partial charge in [-0.2, -0.15) is 0 Å². The fraction of sp³-hybridized carbons (Fsp3) is 0.118. The van der Waals surface area contributed by atoms with Gasteiger partial charge in [0, 0.05) is 11.0 Å². The Kier molecular flexibility index (Phi) is 5.46. The van der Waals surface area contributed by atoms with Crippen molar-refractivity contribution in [3.63, 3.8) is 0 Å². The van der Waals surface area contributed by atoms with Crippen molar-refractivity contribution in [3.8, 4) is 5.75 Å². The molecule has 2 rings (SSSR count). The molecule has 0 aromatic heterocycles. The Morgan fingerprint density at radius 1 is 1.14 bits per heavy atom. The molecular weight excluding hydrogens is 282 g/mol. The first kappa shape index (κ1) is 15.2. The topological polar surface area (TPSA) is 38.3 Å². The van der Waals surface area contributed by atoms with E-state index in [2.05, 4.69) is 5.32 Å². The van der Waals surface area contributed by atoms with E-state index >= 15 is 0 Å². The van der Waals surface area contributed by atoms with Gasteiger partial charge in [-0.3, -0.25) is 4.79 Å². The Bertz CT molecular complexity index is 638. The predicted octanol–water partition coefficient (Wildman–Crippen LogP) is 4.25. The fourth-order valence-electron chi connectivity index (χ4n) is 1.81. The van der Waals surface area contributed by atoms with Crippen LogP contribution >= 0.6 is 11.8 Å². The number of methoxy groups -OCH3 is 1. The molecule has 0 radical (unpaired) electrons. The first-order chi connectivity index (χ1) is 10.2. The summed E-state index contributed by atoms with van der Waals surface area (Å²) in [5.41, 5.74) is 1.67. The minimum Gasteiger partial charge on any atom is -0.495 e. The van der Waals surface area contributed by atoms with Crippen LogP contribution in [0.5, 0.6) is 5.75 Å².